The smallest absolute Gasteiger partial charge is 0.165 e. The Bertz CT molecular complexity index is 498. The van der Waals surface area contributed by atoms with Crippen molar-refractivity contribution >= 4 is 11.9 Å². The van der Waals surface area contributed by atoms with E-state index in [0.717, 1.165) is 5.56 Å². The maximum absolute atomic E-state index is 13.8. The Morgan fingerprint density at radius 2 is 2.10 bits per heavy atom. The van der Waals surface area contributed by atoms with E-state index in [9.17, 15) is 9.18 Å². The van der Waals surface area contributed by atoms with Gasteiger partial charge in [-0.25, -0.2) is 4.39 Å². The second-order valence-electron chi connectivity index (χ2n) is 5.33. The lowest BCUT2D eigenvalue weighted by molar-refractivity contribution is -0.114. The van der Waals surface area contributed by atoms with Crippen LogP contribution in [0.2, 0.25) is 0 Å². The molecule has 0 aromatic heterocycles. The van der Waals surface area contributed by atoms with Gasteiger partial charge in [-0.1, -0.05) is 32.9 Å². The van der Waals surface area contributed by atoms with Crippen molar-refractivity contribution in [3.8, 4) is 5.75 Å². The SMILES string of the molecule is CCC(=O)/C=C/c1ccc(F)c(O[C@H](C)CNC(C)C)c1. The Kier molecular flexibility index (Phi) is 7.09. The van der Waals surface area contributed by atoms with Crippen LogP contribution in [0.5, 0.6) is 5.75 Å². The fraction of sp³-hybridized carbons (Fsp3) is 0.471. The molecule has 0 amide bonds. The summed E-state index contributed by atoms with van der Waals surface area (Å²) in [5.74, 6) is -0.152. The number of allylic oxidation sites excluding steroid dienone is 1. The molecule has 0 radical (unpaired) electrons. The molecule has 1 N–H and O–H groups in total. The lowest BCUT2D eigenvalue weighted by Crippen LogP contribution is -2.33. The first kappa shape index (κ1) is 17.4. The van der Waals surface area contributed by atoms with Gasteiger partial charge in [0.15, 0.2) is 17.3 Å². The standard InChI is InChI=1S/C17H24FNO2/c1-5-15(20)8-6-14-7-9-16(18)17(10-14)21-13(4)11-19-12(2)3/h6-10,12-13,19H,5,11H2,1-4H3/b8-6+/t13-/m1/s1. The molecule has 0 fully saturated rings. The lowest BCUT2D eigenvalue weighted by Gasteiger charge is -2.17. The van der Waals surface area contributed by atoms with Crippen LogP contribution >= 0.6 is 0 Å². The summed E-state index contributed by atoms with van der Waals surface area (Å²) in [7, 11) is 0. The summed E-state index contributed by atoms with van der Waals surface area (Å²) in [4.78, 5) is 11.3. The largest absolute Gasteiger partial charge is 0.486 e. The van der Waals surface area contributed by atoms with Crippen molar-refractivity contribution in [2.45, 2.75) is 46.3 Å². The number of nitrogens with one attached hydrogen (secondary N) is 1. The molecular formula is C17H24FNO2. The lowest BCUT2D eigenvalue weighted by atomic mass is 10.1. The van der Waals surface area contributed by atoms with Crippen LogP contribution in [-0.4, -0.2) is 24.5 Å². The van der Waals surface area contributed by atoms with Crippen LogP contribution in [0, 0.1) is 5.82 Å². The summed E-state index contributed by atoms with van der Waals surface area (Å²) < 4.78 is 19.4. The highest BCUT2D eigenvalue weighted by molar-refractivity contribution is 5.93. The molecule has 0 saturated heterocycles. The molecule has 0 aliphatic carbocycles. The highest BCUT2D eigenvalue weighted by Crippen LogP contribution is 2.21. The van der Waals surface area contributed by atoms with Gasteiger partial charge in [-0.15, -0.1) is 0 Å². The number of carbonyl (C=O) groups is 1. The van der Waals surface area contributed by atoms with Crippen LogP contribution in [0.15, 0.2) is 24.3 Å². The molecule has 0 bridgehead atoms. The average molecular weight is 293 g/mol. The van der Waals surface area contributed by atoms with Gasteiger partial charge in [0.05, 0.1) is 0 Å². The van der Waals surface area contributed by atoms with Crippen molar-refractivity contribution in [3.63, 3.8) is 0 Å². The number of rotatable bonds is 8. The molecule has 0 spiro atoms. The quantitative estimate of drug-likeness (QED) is 0.744. The molecule has 0 unspecified atom stereocenters. The fourth-order valence-electron chi connectivity index (χ4n) is 1.68. The summed E-state index contributed by atoms with van der Waals surface area (Å²) >= 11 is 0. The number of ketones is 1. The van der Waals surface area contributed by atoms with Crippen molar-refractivity contribution in [2.75, 3.05) is 6.54 Å². The van der Waals surface area contributed by atoms with Crippen LogP contribution in [0.4, 0.5) is 4.39 Å². The zero-order chi connectivity index (χ0) is 15.8. The third kappa shape index (κ3) is 6.54. The first-order chi connectivity index (χ1) is 9.92. The Labute approximate surface area is 126 Å². The number of hydrogen-bond donors (Lipinski definition) is 1. The minimum atomic E-state index is -0.398. The molecule has 0 aliphatic rings. The molecule has 0 saturated carbocycles. The summed E-state index contributed by atoms with van der Waals surface area (Å²) in [5.41, 5.74) is 0.747. The van der Waals surface area contributed by atoms with Gasteiger partial charge >= 0.3 is 0 Å². The van der Waals surface area contributed by atoms with E-state index in [1.54, 1.807) is 25.1 Å². The van der Waals surface area contributed by atoms with Crippen molar-refractivity contribution < 1.29 is 13.9 Å². The molecule has 3 nitrogen and oxygen atoms in total. The average Bonchev–Trinajstić information content (AvgIpc) is 2.45. The third-order valence-electron chi connectivity index (χ3n) is 2.91. The Hall–Kier alpha value is -1.68. The Morgan fingerprint density at radius 3 is 2.71 bits per heavy atom. The minimum Gasteiger partial charge on any atom is -0.486 e. The number of benzene rings is 1. The molecular weight excluding hydrogens is 269 g/mol. The van der Waals surface area contributed by atoms with Crippen molar-refractivity contribution in [1.29, 1.82) is 0 Å². The highest BCUT2D eigenvalue weighted by Gasteiger charge is 2.09. The molecule has 4 heteroatoms. The zero-order valence-electron chi connectivity index (χ0n) is 13.2. The van der Waals surface area contributed by atoms with E-state index in [0.29, 0.717) is 19.0 Å². The second kappa shape index (κ2) is 8.57. The normalized spacial score (nSPS) is 12.9. The van der Waals surface area contributed by atoms with Crippen LogP contribution in [0.3, 0.4) is 0 Å². The minimum absolute atomic E-state index is 0.0382. The van der Waals surface area contributed by atoms with Crippen molar-refractivity contribution in [3.05, 3.63) is 35.7 Å². The van der Waals surface area contributed by atoms with E-state index in [-0.39, 0.29) is 17.6 Å². The van der Waals surface area contributed by atoms with Gasteiger partial charge in [-0.05, 0) is 30.7 Å². The predicted molar refractivity (Wildman–Crippen MR) is 84.0 cm³/mol. The van der Waals surface area contributed by atoms with Gasteiger partial charge in [0.1, 0.15) is 6.10 Å². The van der Waals surface area contributed by atoms with Gasteiger partial charge in [0, 0.05) is 19.0 Å². The van der Waals surface area contributed by atoms with Gasteiger partial charge in [0.25, 0.3) is 0 Å². The first-order valence-electron chi connectivity index (χ1n) is 7.32. The van der Waals surface area contributed by atoms with Gasteiger partial charge < -0.3 is 10.1 Å². The number of carbonyl (C=O) groups excluding carboxylic acids is 1. The van der Waals surface area contributed by atoms with Crippen molar-refractivity contribution in [1.82, 2.24) is 5.32 Å². The van der Waals surface area contributed by atoms with Crippen LogP contribution < -0.4 is 10.1 Å². The Balaban J connectivity index is 2.73. The molecule has 1 atom stereocenters. The van der Waals surface area contributed by atoms with Gasteiger partial charge in [0.2, 0.25) is 0 Å². The molecule has 1 aromatic rings. The maximum Gasteiger partial charge on any atom is 0.165 e. The number of ether oxygens (including phenoxy) is 1. The highest BCUT2D eigenvalue weighted by atomic mass is 19.1. The van der Waals surface area contributed by atoms with Crippen molar-refractivity contribution in [2.24, 2.45) is 0 Å². The number of hydrogen-bond acceptors (Lipinski definition) is 3. The summed E-state index contributed by atoms with van der Waals surface area (Å²) in [6, 6.07) is 4.95. The molecule has 21 heavy (non-hydrogen) atoms. The Morgan fingerprint density at radius 1 is 1.38 bits per heavy atom. The van der Waals surface area contributed by atoms with E-state index >= 15 is 0 Å². The summed E-state index contributed by atoms with van der Waals surface area (Å²) in [5, 5.41) is 3.24. The van der Waals surface area contributed by atoms with Gasteiger partial charge in [-0.2, -0.15) is 0 Å². The van der Waals surface area contributed by atoms with E-state index in [1.165, 1.54) is 12.1 Å². The van der Waals surface area contributed by atoms with Gasteiger partial charge in [-0.3, -0.25) is 4.79 Å². The fourth-order valence-corrected chi connectivity index (χ4v) is 1.68. The van der Waals surface area contributed by atoms with Crippen LogP contribution in [0.25, 0.3) is 6.08 Å². The van der Waals surface area contributed by atoms with Crippen LogP contribution in [0.1, 0.15) is 39.7 Å². The summed E-state index contributed by atoms with van der Waals surface area (Å²) in [6.07, 6.45) is 3.49. The maximum atomic E-state index is 13.8. The molecule has 1 aromatic carbocycles. The van der Waals surface area contributed by atoms with E-state index in [1.807, 2.05) is 20.8 Å². The molecule has 0 heterocycles. The van der Waals surface area contributed by atoms with E-state index < -0.39 is 5.82 Å². The molecule has 1 rings (SSSR count). The topological polar surface area (TPSA) is 38.3 Å². The second-order valence-corrected chi connectivity index (χ2v) is 5.33. The number of halogens is 1. The third-order valence-corrected chi connectivity index (χ3v) is 2.91. The molecule has 116 valence electrons. The first-order valence-corrected chi connectivity index (χ1v) is 7.32. The van der Waals surface area contributed by atoms with E-state index in [2.05, 4.69) is 5.32 Å². The zero-order valence-corrected chi connectivity index (χ0v) is 13.2. The molecule has 0 aliphatic heterocycles. The predicted octanol–water partition coefficient (Wildman–Crippen LogP) is 3.58. The monoisotopic (exact) mass is 293 g/mol. The van der Waals surface area contributed by atoms with Crippen LogP contribution in [-0.2, 0) is 4.79 Å². The summed E-state index contributed by atoms with van der Waals surface area (Å²) in [6.45, 7) is 8.42. The van der Waals surface area contributed by atoms with E-state index in [4.69, 9.17) is 4.74 Å².